The zero-order chi connectivity index (χ0) is 16.1. The Balaban J connectivity index is 1.97. The molecule has 116 valence electrons. The van der Waals surface area contributed by atoms with Crippen LogP contribution in [0.25, 0.3) is 0 Å². The van der Waals surface area contributed by atoms with Gasteiger partial charge in [0.15, 0.2) is 0 Å². The highest BCUT2D eigenvalue weighted by molar-refractivity contribution is 9.10. The first-order valence-electron chi connectivity index (χ1n) is 7.35. The molecule has 2 aromatic carbocycles. The second kappa shape index (κ2) is 7.56. The number of carbonyl (C=O) groups is 1. The number of benzene rings is 2. The molecule has 0 bridgehead atoms. The number of amides is 1. The summed E-state index contributed by atoms with van der Waals surface area (Å²) >= 11 is 3.48. The van der Waals surface area contributed by atoms with Crippen molar-refractivity contribution in [3.8, 4) is 0 Å². The second-order valence-electron chi connectivity index (χ2n) is 5.49. The molecule has 3 nitrogen and oxygen atoms in total. The quantitative estimate of drug-likeness (QED) is 0.827. The highest BCUT2D eigenvalue weighted by atomic mass is 79.9. The molecule has 2 N–H and O–H groups in total. The minimum atomic E-state index is -0.289. The van der Waals surface area contributed by atoms with Crippen LogP contribution in [0, 0.1) is 6.92 Å². The summed E-state index contributed by atoms with van der Waals surface area (Å²) in [5.41, 5.74) is 3.10. The van der Waals surface area contributed by atoms with Crippen molar-refractivity contribution in [1.82, 2.24) is 5.32 Å². The van der Waals surface area contributed by atoms with E-state index in [1.165, 1.54) is 5.56 Å². The molecule has 0 fully saturated rings. The summed E-state index contributed by atoms with van der Waals surface area (Å²) in [5.74, 6) is -0.0488. The van der Waals surface area contributed by atoms with Crippen LogP contribution in [0.1, 0.15) is 31.0 Å². The molecule has 2 rings (SSSR count). The second-order valence-corrected chi connectivity index (χ2v) is 6.35. The fraction of sp³-hybridized carbons (Fsp3) is 0.278. The van der Waals surface area contributed by atoms with Crippen LogP contribution in [0.2, 0.25) is 0 Å². The Labute approximate surface area is 140 Å². The van der Waals surface area contributed by atoms with Crippen LogP contribution < -0.4 is 10.6 Å². The van der Waals surface area contributed by atoms with E-state index in [4.69, 9.17) is 0 Å². The van der Waals surface area contributed by atoms with Gasteiger partial charge in [0.25, 0.3) is 0 Å². The number of anilines is 1. The predicted molar refractivity (Wildman–Crippen MR) is 95.0 cm³/mol. The Hall–Kier alpha value is -1.65. The van der Waals surface area contributed by atoms with Crippen molar-refractivity contribution < 1.29 is 4.79 Å². The van der Waals surface area contributed by atoms with Crippen molar-refractivity contribution in [3.63, 3.8) is 0 Å². The minimum absolute atomic E-state index is 0.0488. The molecule has 0 unspecified atom stereocenters. The fourth-order valence-electron chi connectivity index (χ4n) is 2.25. The molecule has 0 aliphatic rings. The Morgan fingerprint density at radius 1 is 1.09 bits per heavy atom. The van der Waals surface area contributed by atoms with Crippen molar-refractivity contribution in [2.45, 2.75) is 32.9 Å². The highest BCUT2D eigenvalue weighted by Crippen LogP contribution is 2.23. The summed E-state index contributed by atoms with van der Waals surface area (Å²) in [6, 6.07) is 15.8. The van der Waals surface area contributed by atoms with Crippen LogP contribution in [-0.4, -0.2) is 11.9 Å². The highest BCUT2D eigenvalue weighted by Gasteiger charge is 2.17. The summed E-state index contributed by atoms with van der Waals surface area (Å²) in [7, 11) is 0. The van der Waals surface area contributed by atoms with Crippen LogP contribution >= 0.6 is 15.9 Å². The number of nitrogens with one attached hydrogen (secondary N) is 2. The van der Waals surface area contributed by atoms with Crippen molar-refractivity contribution in [2.75, 3.05) is 5.32 Å². The van der Waals surface area contributed by atoms with E-state index in [9.17, 15) is 4.79 Å². The molecule has 0 saturated heterocycles. The van der Waals surface area contributed by atoms with Gasteiger partial charge in [-0.25, -0.2) is 0 Å². The lowest BCUT2D eigenvalue weighted by atomic mass is 10.1. The van der Waals surface area contributed by atoms with Gasteiger partial charge in [-0.15, -0.1) is 0 Å². The van der Waals surface area contributed by atoms with E-state index < -0.39 is 0 Å². The summed E-state index contributed by atoms with van der Waals surface area (Å²) < 4.78 is 0.893. The number of carbonyl (C=O) groups excluding carboxylic acids is 1. The summed E-state index contributed by atoms with van der Waals surface area (Å²) in [6.45, 7) is 5.94. The smallest absolute Gasteiger partial charge is 0.241 e. The first-order valence-corrected chi connectivity index (χ1v) is 8.14. The molecule has 1 amide bonds. The normalized spacial score (nSPS) is 13.5. The molecule has 22 heavy (non-hydrogen) atoms. The molecule has 0 heterocycles. The SMILES string of the molecule is Cc1ccc(NC(=O)[C@H](C)N[C@@H](C)c2ccccc2)c(Br)c1. The van der Waals surface area contributed by atoms with Crippen LogP contribution in [0.15, 0.2) is 53.0 Å². The third-order valence-electron chi connectivity index (χ3n) is 3.58. The molecular formula is C18H21BrN2O. The Bertz CT molecular complexity index is 643. The van der Waals surface area contributed by atoms with Gasteiger partial charge in [-0.05, 0) is 60.0 Å². The van der Waals surface area contributed by atoms with Crippen LogP contribution in [0.5, 0.6) is 0 Å². The molecule has 0 aromatic heterocycles. The zero-order valence-corrected chi connectivity index (χ0v) is 14.6. The van der Waals surface area contributed by atoms with E-state index in [0.717, 1.165) is 15.7 Å². The maximum absolute atomic E-state index is 12.3. The van der Waals surface area contributed by atoms with Gasteiger partial charge in [0.05, 0.1) is 11.7 Å². The lowest BCUT2D eigenvalue weighted by molar-refractivity contribution is -0.117. The number of hydrogen-bond donors (Lipinski definition) is 2. The molecule has 2 atom stereocenters. The number of hydrogen-bond acceptors (Lipinski definition) is 2. The van der Waals surface area contributed by atoms with E-state index in [2.05, 4.69) is 45.6 Å². The maximum Gasteiger partial charge on any atom is 0.241 e. The number of halogens is 1. The largest absolute Gasteiger partial charge is 0.324 e. The van der Waals surface area contributed by atoms with Crippen LogP contribution in [-0.2, 0) is 4.79 Å². The van der Waals surface area contributed by atoms with Crippen molar-refractivity contribution in [1.29, 1.82) is 0 Å². The van der Waals surface area contributed by atoms with Gasteiger partial charge in [0.1, 0.15) is 0 Å². The Kier molecular flexibility index (Phi) is 5.75. The molecule has 0 aliphatic carbocycles. The predicted octanol–water partition coefficient (Wildman–Crippen LogP) is 4.44. The first-order chi connectivity index (χ1) is 10.5. The average molecular weight is 361 g/mol. The Morgan fingerprint density at radius 3 is 2.41 bits per heavy atom. The summed E-state index contributed by atoms with van der Waals surface area (Å²) in [4.78, 5) is 12.3. The van der Waals surface area contributed by atoms with Gasteiger partial charge in [0, 0.05) is 10.5 Å². The maximum atomic E-state index is 12.3. The van der Waals surface area contributed by atoms with Crippen molar-refractivity contribution in [3.05, 3.63) is 64.1 Å². The molecule has 0 radical (unpaired) electrons. The van der Waals surface area contributed by atoms with E-state index in [-0.39, 0.29) is 18.0 Å². The van der Waals surface area contributed by atoms with Gasteiger partial charge in [0.2, 0.25) is 5.91 Å². The van der Waals surface area contributed by atoms with Gasteiger partial charge >= 0.3 is 0 Å². The molecule has 0 spiro atoms. The topological polar surface area (TPSA) is 41.1 Å². The molecule has 4 heteroatoms. The van der Waals surface area contributed by atoms with Gasteiger partial charge < -0.3 is 5.32 Å². The monoisotopic (exact) mass is 360 g/mol. The minimum Gasteiger partial charge on any atom is -0.324 e. The Morgan fingerprint density at radius 2 is 1.77 bits per heavy atom. The molecule has 0 saturated carbocycles. The van der Waals surface area contributed by atoms with Gasteiger partial charge in [-0.1, -0.05) is 36.4 Å². The van der Waals surface area contributed by atoms with E-state index in [0.29, 0.717) is 0 Å². The lowest BCUT2D eigenvalue weighted by Crippen LogP contribution is -2.39. The molecule has 2 aromatic rings. The fourth-order valence-corrected chi connectivity index (χ4v) is 2.84. The van der Waals surface area contributed by atoms with E-state index >= 15 is 0 Å². The third kappa shape index (κ3) is 4.42. The van der Waals surface area contributed by atoms with Gasteiger partial charge in [-0.2, -0.15) is 0 Å². The van der Waals surface area contributed by atoms with Crippen LogP contribution in [0.4, 0.5) is 5.69 Å². The standard InChI is InChI=1S/C18H21BrN2O/c1-12-9-10-17(16(19)11-12)21-18(22)14(3)20-13(2)15-7-5-4-6-8-15/h4-11,13-14,20H,1-3H3,(H,21,22)/t13-,14-/m0/s1. The zero-order valence-electron chi connectivity index (χ0n) is 13.1. The number of aryl methyl sites for hydroxylation is 1. The lowest BCUT2D eigenvalue weighted by Gasteiger charge is -2.20. The van der Waals surface area contributed by atoms with Gasteiger partial charge in [-0.3, -0.25) is 10.1 Å². The summed E-state index contributed by atoms with van der Waals surface area (Å²) in [5, 5.41) is 6.27. The van der Waals surface area contributed by atoms with Crippen molar-refractivity contribution in [2.24, 2.45) is 0 Å². The average Bonchev–Trinajstić information content (AvgIpc) is 2.50. The third-order valence-corrected chi connectivity index (χ3v) is 4.23. The first kappa shape index (κ1) is 16.7. The van der Waals surface area contributed by atoms with Crippen LogP contribution in [0.3, 0.4) is 0 Å². The van der Waals surface area contributed by atoms with Crippen molar-refractivity contribution >= 4 is 27.5 Å². The number of rotatable bonds is 5. The molecule has 0 aliphatic heterocycles. The van der Waals surface area contributed by atoms with E-state index in [1.54, 1.807) is 0 Å². The van der Waals surface area contributed by atoms with E-state index in [1.807, 2.05) is 50.2 Å². The molecular weight excluding hydrogens is 340 g/mol. The summed E-state index contributed by atoms with van der Waals surface area (Å²) in [6.07, 6.45) is 0.